The standard InChI is InChI=1S/C29H37BrO4/c1-5-6-7-11-14-26-23(21-12-9-8-10-13-21)17-22(19(2)3)28(34-26)24-15-20(4)16-25(30)29(24)33-18-27(31)32/h8-10,12-13,15-16,22-23,26,28H,2,5-7,11,14,17-18H2,1,3-4H3,(H,31,32)/t22-,23-,26+,28+/m1/s1. The van der Waals surface area contributed by atoms with Gasteiger partial charge in [0.2, 0.25) is 0 Å². The summed E-state index contributed by atoms with van der Waals surface area (Å²) in [6.07, 6.45) is 6.54. The van der Waals surface area contributed by atoms with Gasteiger partial charge in [0.25, 0.3) is 0 Å². The van der Waals surface area contributed by atoms with Crippen molar-refractivity contribution < 1.29 is 19.4 Å². The summed E-state index contributed by atoms with van der Waals surface area (Å²) in [4.78, 5) is 11.2. The van der Waals surface area contributed by atoms with E-state index in [0.717, 1.165) is 40.4 Å². The second-order valence-electron chi connectivity index (χ2n) is 9.50. The van der Waals surface area contributed by atoms with Gasteiger partial charge in [0.1, 0.15) is 5.75 Å². The second kappa shape index (κ2) is 12.6. The Kier molecular flexibility index (Phi) is 9.78. The first kappa shape index (κ1) is 26.5. The van der Waals surface area contributed by atoms with E-state index in [-0.39, 0.29) is 24.0 Å². The Morgan fingerprint density at radius 1 is 1.21 bits per heavy atom. The van der Waals surface area contributed by atoms with E-state index in [1.807, 2.05) is 13.0 Å². The fraction of sp³-hybridized carbons (Fsp3) is 0.483. The summed E-state index contributed by atoms with van der Waals surface area (Å²) in [7, 11) is 0. The Bertz CT molecular complexity index is 972. The molecular formula is C29H37BrO4. The molecule has 1 aliphatic heterocycles. The lowest BCUT2D eigenvalue weighted by Crippen LogP contribution is -2.36. The van der Waals surface area contributed by atoms with Crippen LogP contribution in [0.2, 0.25) is 0 Å². The minimum atomic E-state index is -1.00. The van der Waals surface area contributed by atoms with E-state index in [1.54, 1.807) is 0 Å². The maximum Gasteiger partial charge on any atom is 0.341 e. The first-order valence-corrected chi connectivity index (χ1v) is 13.1. The molecule has 0 amide bonds. The zero-order valence-corrected chi connectivity index (χ0v) is 22.1. The third kappa shape index (κ3) is 6.73. The lowest BCUT2D eigenvalue weighted by atomic mass is 9.74. The number of halogens is 1. The van der Waals surface area contributed by atoms with Crippen molar-refractivity contribution >= 4 is 21.9 Å². The van der Waals surface area contributed by atoms with E-state index >= 15 is 0 Å². The molecule has 5 heteroatoms. The van der Waals surface area contributed by atoms with Crippen molar-refractivity contribution in [3.05, 3.63) is 75.8 Å². The summed E-state index contributed by atoms with van der Waals surface area (Å²) in [5.41, 5.74) is 4.34. The summed E-state index contributed by atoms with van der Waals surface area (Å²) in [6, 6.07) is 14.7. The van der Waals surface area contributed by atoms with Gasteiger partial charge >= 0.3 is 5.97 Å². The molecule has 0 bridgehead atoms. The average molecular weight is 530 g/mol. The van der Waals surface area contributed by atoms with Gasteiger partial charge in [-0.1, -0.05) is 75.1 Å². The van der Waals surface area contributed by atoms with Gasteiger partial charge in [0, 0.05) is 17.4 Å². The monoisotopic (exact) mass is 528 g/mol. The Balaban J connectivity index is 1.99. The zero-order valence-electron chi connectivity index (χ0n) is 20.6. The molecule has 1 aliphatic rings. The van der Waals surface area contributed by atoms with Crippen LogP contribution in [0.3, 0.4) is 0 Å². The lowest BCUT2D eigenvalue weighted by molar-refractivity contribution is -0.139. The minimum absolute atomic E-state index is 0.0754. The van der Waals surface area contributed by atoms with Crippen molar-refractivity contribution in [2.24, 2.45) is 5.92 Å². The molecule has 34 heavy (non-hydrogen) atoms. The summed E-state index contributed by atoms with van der Waals surface area (Å²) in [5, 5.41) is 9.22. The molecule has 1 N–H and O–H groups in total. The number of hydrogen-bond donors (Lipinski definition) is 1. The molecule has 0 radical (unpaired) electrons. The van der Waals surface area contributed by atoms with Crippen LogP contribution >= 0.6 is 15.9 Å². The number of ether oxygens (including phenoxy) is 2. The van der Waals surface area contributed by atoms with Gasteiger partial charge in [-0.15, -0.1) is 0 Å². The van der Waals surface area contributed by atoms with Crippen LogP contribution in [0.4, 0.5) is 0 Å². The summed E-state index contributed by atoms with van der Waals surface area (Å²) in [6.45, 7) is 10.2. The highest BCUT2D eigenvalue weighted by Gasteiger charge is 2.41. The van der Waals surface area contributed by atoms with Gasteiger partial charge in [-0.3, -0.25) is 0 Å². The van der Waals surface area contributed by atoms with Crippen LogP contribution in [0.15, 0.2) is 59.1 Å². The number of aryl methyl sites for hydroxylation is 1. The minimum Gasteiger partial charge on any atom is -0.480 e. The summed E-state index contributed by atoms with van der Waals surface area (Å²) < 4.78 is 13.5. The Hall–Kier alpha value is -2.11. The Morgan fingerprint density at radius 2 is 1.94 bits per heavy atom. The molecular weight excluding hydrogens is 492 g/mol. The van der Waals surface area contributed by atoms with Gasteiger partial charge in [-0.25, -0.2) is 4.79 Å². The van der Waals surface area contributed by atoms with Gasteiger partial charge in [0.05, 0.1) is 16.7 Å². The first-order valence-electron chi connectivity index (χ1n) is 12.3. The van der Waals surface area contributed by atoms with Crippen LogP contribution in [0.25, 0.3) is 0 Å². The highest BCUT2D eigenvalue weighted by Crippen LogP contribution is 2.50. The molecule has 1 heterocycles. The molecule has 2 aromatic carbocycles. The van der Waals surface area contributed by atoms with Crippen molar-refractivity contribution in [3.8, 4) is 5.75 Å². The van der Waals surface area contributed by atoms with Crippen molar-refractivity contribution in [1.29, 1.82) is 0 Å². The molecule has 0 aromatic heterocycles. The molecule has 1 fully saturated rings. The smallest absolute Gasteiger partial charge is 0.341 e. The Labute approximate surface area is 212 Å². The van der Waals surface area contributed by atoms with Crippen molar-refractivity contribution in [1.82, 2.24) is 0 Å². The van der Waals surface area contributed by atoms with Crippen LogP contribution in [0.1, 0.15) is 81.1 Å². The number of carbonyl (C=O) groups is 1. The molecule has 0 unspecified atom stereocenters. The number of carboxylic acids is 1. The molecule has 0 aliphatic carbocycles. The molecule has 4 nitrogen and oxygen atoms in total. The largest absolute Gasteiger partial charge is 0.480 e. The van der Waals surface area contributed by atoms with Gasteiger partial charge in [-0.2, -0.15) is 0 Å². The van der Waals surface area contributed by atoms with Gasteiger partial charge < -0.3 is 14.6 Å². The van der Waals surface area contributed by atoms with E-state index in [9.17, 15) is 9.90 Å². The topological polar surface area (TPSA) is 55.8 Å². The lowest BCUT2D eigenvalue weighted by Gasteiger charge is -2.43. The van der Waals surface area contributed by atoms with Crippen LogP contribution in [0.5, 0.6) is 5.75 Å². The quantitative estimate of drug-likeness (QED) is 0.237. The van der Waals surface area contributed by atoms with Crippen LogP contribution in [-0.4, -0.2) is 23.8 Å². The highest BCUT2D eigenvalue weighted by molar-refractivity contribution is 9.10. The number of rotatable bonds is 11. The first-order chi connectivity index (χ1) is 16.3. The number of benzene rings is 2. The number of hydrogen-bond acceptors (Lipinski definition) is 3. The summed E-state index contributed by atoms with van der Waals surface area (Å²) in [5.74, 6) is -0.0695. The second-order valence-corrected chi connectivity index (χ2v) is 10.4. The van der Waals surface area contributed by atoms with Crippen molar-refractivity contribution in [2.45, 2.75) is 77.4 Å². The van der Waals surface area contributed by atoms with E-state index < -0.39 is 12.6 Å². The number of carboxylic acid groups (broad SMARTS) is 1. The highest BCUT2D eigenvalue weighted by atomic mass is 79.9. The van der Waals surface area contributed by atoms with E-state index in [1.165, 1.54) is 24.8 Å². The number of unbranched alkanes of at least 4 members (excludes halogenated alkanes) is 3. The maximum absolute atomic E-state index is 11.2. The summed E-state index contributed by atoms with van der Waals surface area (Å²) >= 11 is 3.60. The van der Waals surface area contributed by atoms with E-state index in [0.29, 0.717) is 5.75 Å². The maximum atomic E-state index is 11.2. The molecule has 2 aromatic rings. The van der Waals surface area contributed by atoms with E-state index in [4.69, 9.17) is 9.47 Å². The molecule has 1 saturated heterocycles. The van der Waals surface area contributed by atoms with Crippen LogP contribution < -0.4 is 4.74 Å². The van der Waals surface area contributed by atoms with Gasteiger partial charge in [0.15, 0.2) is 6.61 Å². The third-order valence-corrected chi connectivity index (χ3v) is 7.30. The normalized spacial score (nSPS) is 22.4. The number of aliphatic carboxylic acids is 1. The average Bonchev–Trinajstić information content (AvgIpc) is 2.80. The van der Waals surface area contributed by atoms with E-state index in [2.05, 4.69) is 72.8 Å². The van der Waals surface area contributed by atoms with Crippen molar-refractivity contribution in [2.75, 3.05) is 6.61 Å². The molecule has 4 atom stereocenters. The fourth-order valence-corrected chi connectivity index (χ4v) is 5.73. The predicted octanol–water partition coefficient (Wildman–Crippen LogP) is 8.00. The van der Waals surface area contributed by atoms with Crippen LogP contribution in [-0.2, 0) is 9.53 Å². The fourth-order valence-electron chi connectivity index (χ4n) is 5.02. The third-order valence-electron chi connectivity index (χ3n) is 6.71. The van der Waals surface area contributed by atoms with Crippen LogP contribution in [0, 0.1) is 12.8 Å². The predicted molar refractivity (Wildman–Crippen MR) is 140 cm³/mol. The molecule has 0 spiro atoms. The Morgan fingerprint density at radius 3 is 2.59 bits per heavy atom. The molecule has 0 saturated carbocycles. The molecule has 184 valence electrons. The zero-order chi connectivity index (χ0) is 24.7. The van der Waals surface area contributed by atoms with Crippen molar-refractivity contribution in [3.63, 3.8) is 0 Å². The van der Waals surface area contributed by atoms with Gasteiger partial charge in [-0.05, 0) is 65.9 Å². The molecule has 3 rings (SSSR count). The SMILES string of the molecule is C=C(C)[C@H]1C[C@H](c2ccccc2)[C@H](CCCCCC)O[C@@H]1c1cc(C)cc(Br)c1OCC(=O)O.